The molecule has 0 spiro atoms. The molecule has 0 aromatic rings. The van der Waals surface area contributed by atoms with Gasteiger partial charge in [-0.1, -0.05) is 13.3 Å². The van der Waals surface area contributed by atoms with Crippen LogP contribution in [0, 0.1) is 0 Å². The number of unbranched alkanes of at least 4 members (excludes halogenated alkanes) is 1. The van der Waals surface area contributed by atoms with Gasteiger partial charge in [0.05, 0.1) is 0 Å². The lowest BCUT2D eigenvalue weighted by atomic mass is 10.0. The second kappa shape index (κ2) is 6.51. The summed E-state index contributed by atoms with van der Waals surface area (Å²) in [6.45, 7) is 5.22. The number of carbonyl (C=O) groups excluding carboxylic acids is 2. The van der Waals surface area contributed by atoms with Crippen LogP contribution in [0.15, 0.2) is 0 Å². The first kappa shape index (κ1) is 13.0. The highest BCUT2D eigenvalue weighted by Gasteiger charge is 2.21. The van der Waals surface area contributed by atoms with Gasteiger partial charge in [0.1, 0.15) is 0 Å². The normalized spacial score (nSPS) is 17.2. The highest BCUT2D eigenvalue weighted by atomic mass is 16.2. The summed E-state index contributed by atoms with van der Waals surface area (Å²) in [6.07, 6.45) is 4.41. The Hall–Kier alpha value is -1.06. The number of hydrogen-bond donors (Lipinski definition) is 1. The van der Waals surface area contributed by atoms with Crippen molar-refractivity contribution in [3.05, 3.63) is 0 Å². The average molecular weight is 226 g/mol. The molecule has 0 aromatic carbocycles. The summed E-state index contributed by atoms with van der Waals surface area (Å²) >= 11 is 0. The largest absolute Gasteiger partial charge is 0.353 e. The summed E-state index contributed by atoms with van der Waals surface area (Å²) in [5, 5.41) is 3.04. The molecule has 0 aliphatic carbocycles. The van der Waals surface area contributed by atoms with Gasteiger partial charge in [-0.2, -0.15) is 0 Å². The van der Waals surface area contributed by atoms with Crippen molar-refractivity contribution >= 4 is 11.8 Å². The summed E-state index contributed by atoms with van der Waals surface area (Å²) in [5.41, 5.74) is 0. The molecule has 2 amide bonds. The van der Waals surface area contributed by atoms with Crippen LogP contribution in [0.5, 0.6) is 0 Å². The average Bonchev–Trinajstić information content (AvgIpc) is 2.27. The van der Waals surface area contributed by atoms with Crippen molar-refractivity contribution in [2.24, 2.45) is 0 Å². The zero-order valence-electron chi connectivity index (χ0n) is 10.3. The van der Waals surface area contributed by atoms with Gasteiger partial charge >= 0.3 is 0 Å². The minimum absolute atomic E-state index is 0.135. The highest BCUT2D eigenvalue weighted by molar-refractivity contribution is 5.76. The third-order valence-electron chi connectivity index (χ3n) is 3.06. The van der Waals surface area contributed by atoms with Crippen LogP contribution in [0.1, 0.15) is 46.0 Å². The zero-order chi connectivity index (χ0) is 12.0. The number of rotatable bonds is 4. The number of piperidine rings is 1. The van der Waals surface area contributed by atoms with Gasteiger partial charge < -0.3 is 10.2 Å². The number of nitrogens with one attached hydrogen (secondary N) is 1. The van der Waals surface area contributed by atoms with E-state index in [1.54, 1.807) is 6.92 Å². The molecule has 0 unspecified atom stereocenters. The second-order valence-corrected chi connectivity index (χ2v) is 4.45. The smallest absolute Gasteiger partial charge is 0.220 e. The van der Waals surface area contributed by atoms with E-state index >= 15 is 0 Å². The molecule has 1 rings (SSSR count). The maximum absolute atomic E-state index is 11.5. The number of hydrogen-bond acceptors (Lipinski definition) is 2. The molecule has 0 saturated carbocycles. The fourth-order valence-electron chi connectivity index (χ4n) is 1.98. The van der Waals surface area contributed by atoms with E-state index in [0.29, 0.717) is 6.42 Å². The predicted octanol–water partition coefficient (Wildman–Crippen LogP) is 1.30. The summed E-state index contributed by atoms with van der Waals surface area (Å²) in [6, 6.07) is 0.264. The Morgan fingerprint density at radius 3 is 2.44 bits per heavy atom. The Labute approximate surface area is 97.4 Å². The molecule has 1 N–H and O–H groups in total. The highest BCUT2D eigenvalue weighted by Crippen LogP contribution is 2.10. The second-order valence-electron chi connectivity index (χ2n) is 4.45. The molecule has 0 aromatic heterocycles. The molecule has 92 valence electrons. The fourth-order valence-corrected chi connectivity index (χ4v) is 1.98. The van der Waals surface area contributed by atoms with E-state index in [1.807, 2.05) is 4.90 Å². The van der Waals surface area contributed by atoms with E-state index < -0.39 is 0 Å². The summed E-state index contributed by atoms with van der Waals surface area (Å²) in [5.74, 6) is 0.291. The van der Waals surface area contributed by atoms with Gasteiger partial charge in [0, 0.05) is 32.5 Å². The SMILES string of the molecule is CCCCC(=O)NC1CCN(C(C)=O)CC1. The molecule has 4 nitrogen and oxygen atoms in total. The minimum Gasteiger partial charge on any atom is -0.353 e. The van der Waals surface area contributed by atoms with Crippen molar-refractivity contribution < 1.29 is 9.59 Å². The van der Waals surface area contributed by atoms with E-state index in [-0.39, 0.29) is 17.9 Å². The van der Waals surface area contributed by atoms with Crippen LogP contribution in [-0.2, 0) is 9.59 Å². The first-order valence-corrected chi connectivity index (χ1v) is 6.18. The first-order chi connectivity index (χ1) is 7.63. The molecule has 4 heteroatoms. The van der Waals surface area contributed by atoms with Gasteiger partial charge in [-0.15, -0.1) is 0 Å². The van der Waals surface area contributed by atoms with E-state index in [4.69, 9.17) is 0 Å². The van der Waals surface area contributed by atoms with Gasteiger partial charge in [0.2, 0.25) is 11.8 Å². The van der Waals surface area contributed by atoms with Gasteiger partial charge in [-0.05, 0) is 19.3 Å². The lowest BCUT2D eigenvalue weighted by Gasteiger charge is -2.31. The summed E-state index contributed by atoms with van der Waals surface area (Å²) < 4.78 is 0. The van der Waals surface area contributed by atoms with Crippen LogP contribution in [-0.4, -0.2) is 35.8 Å². The number of carbonyl (C=O) groups is 2. The van der Waals surface area contributed by atoms with Crippen LogP contribution in [0.2, 0.25) is 0 Å². The quantitative estimate of drug-likeness (QED) is 0.785. The molecule has 1 fully saturated rings. The van der Waals surface area contributed by atoms with Gasteiger partial charge in [-0.25, -0.2) is 0 Å². The molecule has 1 saturated heterocycles. The Morgan fingerprint density at radius 2 is 1.94 bits per heavy atom. The van der Waals surface area contributed by atoms with Crippen molar-refractivity contribution in [1.29, 1.82) is 0 Å². The van der Waals surface area contributed by atoms with E-state index in [0.717, 1.165) is 38.8 Å². The van der Waals surface area contributed by atoms with Crippen LogP contribution in [0.3, 0.4) is 0 Å². The van der Waals surface area contributed by atoms with Crippen molar-refractivity contribution in [2.45, 2.75) is 52.0 Å². The third kappa shape index (κ3) is 4.21. The van der Waals surface area contributed by atoms with Crippen molar-refractivity contribution in [3.8, 4) is 0 Å². The lowest BCUT2D eigenvalue weighted by Crippen LogP contribution is -2.45. The fraction of sp³-hybridized carbons (Fsp3) is 0.833. The molecule has 0 bridgehead atoms. The van der Waals surface area contributed by atoms with Crippen LogP contribution in [0.25, 0.3) is 0 Å². The monoisotopic (exact) mass is 226 g/mol. The lowest BCUT2D eigenvalue weighted by molar-refractivity contribution is -0.130. The number of nitrogens with zero attached hydrogens (tertiary/aromatic N) is 1. The molecular formula is C12H22N2O2. The predicted molar refractivity (Wildman–Crippen MR) is 62.9 cm³/mol. The maximum Gasteiger partial charge on any atom is 0.220 e. The van der Waals surface area contributed by atoms with Gasteiger partial charge in [-0.3, -0.25) is 9.59 Å². The van der Waals surface area contributed by atoms with Crippen molar-refractivity contribution in [2.75, 3.05) is 13.1 Å². The molecule has 1 heterocycles. The molecule has 0 radical (unpaired) electrons. The van der Waals surface area contributed by atoms with Crippen LogP contribution >= 0.6 is 0 Å². The first-order valence-electron chi connectivity index (χ1n) is 6.18. The zero-order valence-corrected chi connectivity index (χ0v) is 10.3. The molecular weight excluding hydrogens is 204 g/mol. The Kier molecular flexibility index (Phi) is 5.29. The molecule has 16 heavy (non-hydrogen) atoms. The summed E-state index contributed by atoms with van der Waals surface area (Å²) in [7, 11) is 0. The van der Waals surface area contributed by atoms with E-state index in [2.05, 4.69) is 12.2 Å². The Morgan fingerprint density at radius 1 is 1.31 bits per heavy atom. The van der Waals surface area contributed by atoms with E-state index in [1.165, 1.54) is 0 Å². The molecule has 1 aliphatic heterocycles. The standard InChI is InChI=1S/C12H22N2O2/c1-3-4-5-12(16)13-11-6-8-14(9-7-11)10(2)15/h11H,3-9H2,1-2H3,(H,13,16). The third-order valence-corrected chi connectivity index (χ3v) is 3.06. The van der Waals surface area contributed by atoms with Crippen molar-refractivity contribution in [3.63, 3.8) is 0 Å². The van der Waals surface area contributed by atoms with Gasteiger partial charge in [0.25, 0.3) is 0 Å². The topological polar surface area (TPSA) is 49.4 Å². The molecule has 1 aliphatic rings. The Balaban J connectivity index is 2.21. The van der Waals surface area contributed by atoms with Crippen LogP contribution < -0.4 is 5.32 Å². The molecule has 0 atom stereocenters. The van der Waals surface area contributed by atoms with E-state index in [9.17, 15) is 9.59 Å². The van der Waals surface area contributed by atoms with Crippen molar-refractivity contribution in [1.82, 2.24) is 10.2 Å². The van der Waals surface area contributed by atoms with Crippen LogP contribution in [0.4, 0.5) is 0 Å². The minimum atomic E-state index is 0.135. The van der Waals surface area contributed by atoms with Gasteiger partial charge in [0.15, 0.2) is 0 Å². The Bertz CT molecular complexity index is 245. The number of likely N-dealkylation sites (tertiary alicyclic amines) is 1. The maximum atomic E-state index is 11.5. The summed E-state index contributed by atoms with van der Waals surface area (Å²) in [4.78, 5) is 24.4. The number of amides is 2.